The Bertz CT molecular complexity index is 371. The Morgan fingerprint density at radius 2 is 2.19 bits per heavy atom. The molecule has 0 aliphatic rings. The smallest absolute Gasteiger partial charge is 0.339 e. The molecule has 0 saturated carbocycles. The van der Waals surface area contributed by atoms with Crippen molar-refractivity contribution in [2.75, 3.05) is 7.11 Å². The molecule has 0 radical (unpaired) electrons. The molecule has 1 aromatic rings. The van der Waals surface area contributed by atoms with Crippen molar-refractivity contribution in [3.8, 4) is 5.75 Å². The molecule has 0 aliphatic carbocycles. The normalized spacial score (nSPS) is 12.2. The third kappa shape index (κ3) is 2.75. The van der Waals surface area contributed by atoms with Crippen molar-refractivity contribution in [2.24, 2.45) is 0 Å². The Labute approximate surface area is 96.1 Å². The van der Waals surface area contributed by atoms with Crippen LogP contribution in [0.5, 0.6) is 5.75 Å². The monoisotopic (exact) mass is 222 g/mol. The Morgan fingerprint density at radius 1 is 1.50 bits per heavy atom. The average Bonchev–Trinajstić information content (AvgIpc) is 2.28. The van der Waals surface area contributed by atoms with Crippen molar-refractivity contribution >= 4 is 5.97 Å². The summed E-state index contributed by atoms with van der Waals surface area (Å²) >= 11 is 0. The van der Waals surface area contributed by atoms with E-state index in [2.05, 4.69) is 13.8 Å². The summed E-state index contributed by atoms with van der Waals surface area (Å²) in [4.78, 5) is 10.9. The summed E-state index contributed by atoms with van der Waals surface area (Å²) in [5.41, 5.74) is 1.35. The van der Waals surface area contributed by atoms with E-state index in [0.29, 0.717) is 11.7 Å². The number of carboxylic acids is 1. The highest BCUT2D eigenvalue weighted by Gasteiger charge is 2.13. The summed E-state index contributed by atoms with van der Waals surface area (Å²) in [6, 6.07) is 5.30. The largest absolute Gasteiger partial charge is 0.496 e. The highest BCUT2D eigenvalue weighted by Crippen LogP contribution is 2.27. The predicted molar refractivity (Wildman–Crippen MR) is 63.3 cm³/mol. The van der Waals surface area contributed by atoms with Crippen molar-refractivity contribution in [3.05, 3.63) is 29.3 Å². The molecule has 3 nitrogen and oxygen atoms in total. The third-order valence-electron chi connectivity index (χ3n) is 2.75. The number of hydrogen-bond acceptors (Lipinski definition) is 2. The topological polar surface area (TPSA) is 46.5 Å². The van der Waals surface area contributed by atoms with Gasteiger partial charge in [0.15, 0.2) is 0 Å². The van der Waals surface area contributed by atoms with Gasteiger partial charge >= 0.3 is 5.97 Å². The Morgan fingerprint density at radius 3 is 2.69 bits per heavy atom. The number of ether oxygens (including phenoxy) is 1. The predicted octanol–water partition coefficient (Wildman–Crippen LogP) is 3.30. The van der Waals surface area contributed by atoms with Crippen molar-refractivity contribution < 1.29 is 14.6 Å². The van der Waals surface area contributed by atoms with E-state index in [1.807, 2.05) is 12.1 Å². The van der Waals surface area contributed by atoms with Gasteiger partial charge in [-0.1, -0.05) is 26.3 Å². The van der Waals surface area contributed by atoms with Gasteiger partial charge in [0.05, 0.1) is 7.11 Å². The van der Waals surface area contributed by atoms with Crippen LogP contribution in [-0.2, 0) is 0 Å². The van der Waals surface area contributed by atoms with Crippen LogP contribution in [0, 0.1) is 0 Å². The van der Waals surface area contributed by atoms with Crippen molar-refractivity contribution in [2.45, 2.75) is 32.6 Å². The van der Waals surface area contributed by atoms with Crippen molar-refractivity contribution in [1.82, 2.24) is 0 Å². The van der Waals surface area contributed by atoms with Gasteiger partial charge in [-0.05, 0) is 30.0 Å². The molecular formula is C13H18O3. The minimum atomic E-state index is -0.952. The minimum Gasteiger partial charge on any atom is -0.496 e. The van der Waals surface area contributed by atoms with E-state index < -0.39 is 5.97 Å². The minimum absolute atomic E-state index is 0.218. The highest BCUT2D eigenvalue weighted by atomic mass is 16.5. The molecule has 88 valence electrons. The maximum atomic E-state index is 10.9. The van der Waals surface area contributed by atoms with Crippen LogP contribution in [0.2, 0.25) is 0 Å². The lowest BCUT2D eigenvalue weighted by molar-refractivity contribution is 0.0693. The molecule has 0 saturated heterocycles. The summed E-state index contributed by atoms with van der Waals surface area (Å²) in [5, 5.41) is 8.95. The number of aromatic carboxylic acids is 1. The first kappa shape index (κ1) is 12.6. The SMILES string of the molecule is CCCC(C)c1ccc(C(=O)O)c(OC)c1. The first-order valence-electron chi connectivity index (χ1n) is 5.51. The average molecular weight is 222 g/mol. The molecule has 1 atom stereocenters. The van der Waals surface area contributed by atoms with Gasteiger partial charge in [0.1, 0.15) is 11.3 Å². The van der Waals surface area contributed by atoms with Gasteiger partial charge in [-0.25, -0.2) is 4.79 Å². The standard InChI is InChI=1S/C13H18O3/c1-4-5-9(2)10-6-7-11(13(14)15)12(8-10)16-3/h6-9H,4-5H2,1-3H3,(H,14,15). The molecule has 16 heavy (non-hydrogen) atoms. The maximum absolute atomic E-state index is 10.9. The zero-order valence-corrected chi connectivity index (χ0v) is 9.99. The Balaban J connectivity index is 3.03. The summed E-state index contributed by atoms with van der Waals surface area (Å²) in [6.45, 7) is 4.28. The van der Waals surface area contributed by atoms with E-state index in [4.69, 9.17) is 9.84 Å². The molecule has 0 spiro atoms. The number of methoxy groups -OCH3 is 1. The van der Waals surface area contributed by atoms with E-state index in [-0.39, 0.29) is 5.56 Å². The summed E-state index contributed by atoms with van der Waals surface area (Å²) in [7, 11) is 1.50. The number of carbonyl (C=O) groups is 1. The fourth-order valence-corrected chi connectivity index (χ4v) is 1.79. The van der Waals surface area contributed by atoms with Crippen LogP contribution in [0.25, 0.3) is 0 Å². The van der Waals surface area contributed by atoms with Crippen molar-refractivity contribution in [1.29, 1.82) is 0 Å². The van der Waals surface area contributed by atoms with Crippen LogP contribution >= 0.6 is 0 Å². The zero-order chi connectivity index (χ0) is 12.1. The molecule has 1 N–H and O–H groups in total. The Kier molecular flexibility index (Phi) is 4.35. The second-order valence-corrected chi connectivity index (χ2v) is 3.95. The molecule has 3 heteroatoms. The number of rotatable bonds is 5. The molecule has 1 aromatic carbocycles. The van der Waals surface area contributed by atoms with Crippen LogP contribution < -0.4 is 4.74 Å². The number of carboxylic acid groups (broad SMARTS) is 1. The van der Waals surface area contributed by atoms with Crippen LogP contribution in [-0.4, -0.2) is 18.2 Å². The molecule has 1 rings (SSSR count). The molecule has 0 heterocycles. The van der Waals surface area contributed by atoms with Crippen LogP contribution in [0.4, 0.5) is 0 Å². The van der Waals surface area contributed by atoms with Crippen LogP contribution in [0.1, 0.15) is 48.5 Å². The summed E-state index contributed by atoms with van der Waals surface area (Å²) < 4.78 is 5.09. The van der Waals surface area contributed by atoms with Gasteiger partial charge in [0.25, 0.3) is 0 Å². The summed E-state index contributed by atoms with van der Waals surface area (Å²) in [5.74, 6) is -0.0822. The number of benzene rings is 1. The maximum Gasteiger partial charge on any atom is 0.339 e. The quantitative estimate of drug-likeness (QED) is 0.831. The van der Waals surface area contributed by atoms with Gasteiger partial charge in [-0.3, -0.25) is 0 Å². The number of hydrogen-bond donors (Lipinski definition) is 1. The lowest BCUT2D eigenvalue weighted by Gasteiger charge is -2.13. The lowest BCUT2D eigenvalue weighted by atomic mass is 9.95. The fraction of sp³-hybridized carbons (Fsp3) is 0.462. The summed E-state index contributed by atoms with van der Waals surface area (Å²) in [6.07, 6.45) is 2.21. The Hall–Kier alpha value is -1.51. The second-order valence-electron chi connectivity index (χ2n) is 3.95. The van der Waals surface area contributed by atoms with Crippen molar-refractivity contribution in [3.63, 3.8) is 0 Å². The van der Waals surface area contributed by atoms with Gasteiger partial charge in [0.2, 0.25) is 0 Å². The van der Waals surface area contributed by atoms with Crippen LogP contribution in [0.15, 0.2) is 18.2 Å². The second kappa shape index (κ2) is 5.54. The van der Waals surface area contributed by atoms with E-state index in [9.17, 15) is 4.79 Å². The fourth-order valence-electron chi connectivity index (χ4n) is 1.79. The first-order chi connectivity index (χ1) is 7.60. The molecule has 0 amide bonds. The van der Waals surface area contributed by atoms with Gasteiger partial charge in [-0.2, -0.15) is 0 Å². The molecule has 0 aromatic heterocycles. The van der Waals surface area contributed by atoms with E-state index in [1.54, 1.807) is 6.07 Å². The molecule has 0 aliphatic heterocycles. The van der Waals surface area contributed by atoms with Gasteiger partial charge in [-0.15, -0.1) is 0 Å². The van der Waals surface area contributed by atoms with E-state index in [1.165, 1.54) is 7.11 Å². The van der Waals surface area contributed by atoms with E-state index >= 15 is 0 Å². The molecule has 0 bridgehead atoms. The third-order valence-corrected chi connectivity index (χ3v) is 2.75. The van der Waals surface area contributed by atoms with Crippen LogP contribution in [0.3, 0.4) is 0 Å². The van der Waals surface area contributed by atoms with Gasteiger partial charge in [0, 0.05) is 0 Å². The molecule has 1 unspecified atom stereocenters. The zero-order valence-electron chi connectivity index (χ0n) is 9.99. The lowest BCUT2D eigenvalue weighted by Crippen LogP contribution is -2.02. The van der Waals surface area contributed by atoms with Gasteiger partial charge < -0.3 is 9.84 Å². The van der Waals surface area contributed by atoms with E-state index in [0.717, 1.165) is 18.4 Å². The highest BCUT2D eigenvalue weighted by molar-refractivity contribution is 5.91. The molecule has 0 fully saturated rings. The molecular weight excluding hydrogens is 204 g/mol. The first-order valence-corrected chi connectivity index (χ1v) is 5.51.